The average Bonchev–Trinajstić information content (AvgIpc) is 2.93. The van der Waals surface area contributed by atoms with Crippen LogP contribution in [-0.2, 0) is 13.1 Å². The quantitative estimate of drug-likeness (QED) is 0.896. The van der Waals surface area contributed by atoms with Crippen LogP contribution < -0.4 is 0 Å². The Balaban J connectivity index is 1.75. The van der Waals surface area contributed by atoms with Gasteiger partial charge in [0.2, 0.25) is 0 Å². The molecule has 24 heavy (non-hydrogen) atoms. The molecular weight excluding hydrogens is 306 g/mol. The molecule has 0 aromatic carbocycles. The van der Waals surface area contributed by atoms with E-state index in [0.717, 1.165) is 37.6 Å². The molecule has 0 spiro atoms. The summed E-state index contributed by atoms with van der Waals surface area (Å²) in [5, 5.41) is 9.12. The molecule has 0 amide bonds. The summed E-state index contributed by atoms with van der Waals surface area (Å²) in [6.45, 7) is 3.28. The van der Waals surface area contributed by atoms with Crippen LogP contribution >= 0.6 is 0 Å². The van der Waals surface area contributed by atoms with Crippen LogP contribution in [0.4, 0.5) is 0 Å². The van der Waals surface area contributed by atoms with Crippen LogP contribution in [0.25, 0.3) is 0 Å². The Hall–Kier alpha value is -2.25. The number of rotatable bonds is 5. The number of nitrogens with zero attached hydrogens (tertiary/aromatic N) is 5. The van der Waals surface area contributed by atoms with Crippen molar-refractivity contribution in [3.8, 4) is 0 Å². The number of aromatic nitrogens is 3. The van der Waals surface area contributed by atoms with E-state index in [-0.39, 0.29) is 5.56 Å². The van der Waals surface area contributed by atoms with Crippen LogP contribution in [0.2, 0.25) is 0 Å². The molecule has 7 nitrogen and oxygen atoms in total. The van der Waals surface area contributed by atoms with Gasteiger partial charge in [-0.1, -0.05) is 0 Å². The van der Waals surface area contributed by atoms with E-state index in [9.17, 15) is 4.79 Å². The third-order valence-electron chi connectivity index (χ3n) is 4.31. The molecule has 1 unspecified atom stereocenters. The maximum Gasteiger partial charge on any atom is 0.335 e. The molecule has 0 saturated carbocycles. The first-order valence-electron chi connectivity index (χ1n) is 8.10. The van der Waals surface area contributed by atoms with Crippen molar-refractivity contribution in [2.24, 2.45) is 0 Å². The summed E-state index contributed by atoms with van der Waals surface area (Å²) in [6.07, 6.45) is 6.49. The van der Waals surface area contributed by atoms with Gasteiger partial charge in [0, 0.05) is 44.3 Å². The highest BCUT2D eigenvalue weighted by atomic mass is 16.4. The van der Waals surface area contributed by atoms with Gasteiger partial charge in [0.25, 0.3) is 0 Å². The fourth-order valence-corrected chi connectivity index (χ4v) is 3.21. The average molecular weight is 329 g/mol. The van der Waals surface area contributed by atoms with Crippen molar-refractivity contribution >= 4 is 5.97 Å². The summed E-state index contributed by atoms with van der Waals surface area (Å²) >= 11 is 0. The summed E-state index contributed by atoms with van der Waals surface area (Å²) in [6, 6.07) is 3.58. The number of aromatic carboxylic acids is 1. The van der Waals surface area contributed by atoms with Gasteiger partial charge in [0.15, 0.2) is 0 Å². The Morgan fingerprint density at radius 2 is 2.21 bits per heavy atom. The number of hydrogen-bond acceptors (Lipinski definition) is 5. The Bertz CT molecular complexity index is 713. The first-order chi connectivity index (χ1) is 11.5. The molecule has 0 saturated heterocycles. The number of fused-ring (bicyclic) bond motifs is 1. The van der Waals surface area contributed by atoms with Crippen LogP contribution in [0, 0.1) is 0 Å². The minimum Gasteiger partial charge on any atom is -0.478 e. The molecule has 2 aromatic heterocycles. The van der Waals surface area contributed by atoms with Gasteiger partial charge < -0.3 is 14.6 Å². The molecule has 2 aromatic rings. The Morgan fingerprint density at radius 1 is 1.38 bits per heavy atom. The second-order valence-electron chi connectivity index (χ2n) is 6.51. The molecular formula is C17H23N5O2. The van der Waals surface area contributed by atoms with Gasteiger partial charge in [-0.15, -0.1) is 0 Å². The predicted octanol–water partition coefficient (Wildman–Crippen LogP) is 1.48. The third kappa shape index (κ3) is 3.80. The van der Waals surface area contributed by atoms with Gasteiger partial charge in [0.05, 0.1) is 17.8 Å². The van der Waals surface area contributed by atoms with Gasteiger partial charge in [-0.25, -0.2) is 9.78 Å². The van der Waals surface area contributed by atoms with Crippen molar-refractivity contribution in [1.29, 1.82) is 0 Å². The van der Waals surface area contributed by atoms with E-state index >= 15 is 0 Å². The second-order valence-corrected chi connectivity index (χ2v) is 6.51. The molecule has 128 valence electrons. The number of imidazole rings is 1. The highest BCUT2D eigenvalue weighted by molar-refractivity contribution is 5.87. The molecule has 0 aliphatic carbocycles. The molecule has 7 heteroatoms. The standard InChI is InChI=1S/C17H23N5O2/c1-20(2)11-15-4-7-21(12-16-19-6-8-22(15)16)10-14-9-13(17(23)24)3-5-18-14/h3,5-6,8-9,15H,4,7,10-12H2,1-2H3,(H,23,24). The lowest BCUT2D eigenvalue weighted by Crippen LogP contribution is -2.26. The van der Waals surface area contributed by atoms with Gasteiger partial charge in [-0.3, -0.25) is 9.88 Å². The van der Waals surface area contributed by atoms with E-state index in [2.05, 4.69) is 44.6 Å². The number of pyridine rings is 1. The number of carboxylic acid groups (broad SMARTS) is 1. The van der Waals surface area contributed by atoms with Gasteiger partial charge in [-0.2, -0.15) is 0 Å². The maximum absolute atomic E-state index is 11.1. The fourth-order valence-electron chi connectivity index (χ4n) is 3.21. The van der Waals surface area contributed by atoms with E-state index < -0.39 is 5.97 Å². The molecule has 1 atom stereocenters. The zero-order valence-corrected chi connectivity index (χ0v) is 14.1. The van der Waals surface area contributed by atoms with Gasteiger partial charge in [-0.05, 0) is 32.6 Å². The molecule has 3 heterocycles. The van der Waals surface area contributed by atoms with Crippen LogP contribution in [0.5, 0.6) is 0 Å². The second kappa shape index (κ2) is 7.11. The highest BCUT2D eigenvalue weighted by Gasteiger charge is 2.23. The number of likely N-dealkylation sites (N-methyl/N-ethyl adjacent to an activating group) is 1. The Labute approximate surface area is 141 Å². The number of hydrogen-bond donors (Lipinski definition) is 1. The van der Waals surface area contributed by atoms with Crippen molar-refractivity contribution in [2.75, 3.05) is 27.2 Å². The summed E-state index contributed by atoms with van der Waals surface area (Å²) in [4.78, 5) is 24.4. The summed E-state index contributed by atoms with van der Waals surface area (Å²) < 4.78 is 2.26. The van der Waals surface area contributed by atoms with Gasteiger partial charge in [0.1, 0.15) is 5.82 Å². The lowest BCUT2D eigenvalue weighted by molar-refractivity contribution is 0.0696. The molecule has 1 aliphatic rings. The van der Waals surface area contributed by atoms with Crippen LogP contribution in [0.15, 0.2) is 30.7 Å². The van der Waals surface area contributed by atoms with Crippen molar-refractivity contribution in [1.82, 2.24) is 24.3 Å². The molecule has 1 aliphatic heterocycles. The van der Waals surface area contributed by atoms with E-state index in [1.807, 2.05) is 6.20 Å². The summed E-state index contributed by atoms with van der Waals surface area (Å²) in [5.74, 6) is 0.129. The largest absolute Gasteiger partial charge is 0.478 e. The molecule has 3 rings (SSSR count). The van der Waals surface area contributed by atoms with Crippen molar-refractivity contribution in [3.05, 3.63) is 47.8 Å². The minimum atomic E-state index is -0.920. The Morgan fingerprint density at radius 3 is 2.96 bits per heavy atom. The first-order valence-corrected chi connectivity index (χ1v) is 8.10. The van der Waals surface area contributed by atoms with Gasteiger partial charge >= 0.3 is 5.97 Å². The van der Waals surface area contributed by atoms with Crippen molar-refractivity contribution in [2.45, 2.75) is 25.6 Å². The summed E-state index contributed by atoms with van der Waals surface area (Å²) in [7, 11) is 4.17. The van der Waals surface area contributed by atoms with Crippen LogP contribution in [-0.4, -0.2) is 62.6 Å². The highest BCUT2D eigenvalue weighted by Crippen LogP contribution is 2.22. The SMILES string of the molecule is CN(C)CC1CCN(Cc2cc(C(=O)O)ccn2)Cc2nccn21. The number of carbonyl (C=O) groups is 1. The van der Waals surface area contributed by atoms with Crippen LogP contribution in [0.3, 0.4) is 0 Å². The lowest BCUT2D eigenvalue weighted by atomic mass is 10.2. The maximum atomic E-state index is 11.1. The monoisotopic (exact) mass is 329 g/mol. The lowest BCUT2D eigenvalue weighted by Gasteiger charge is -2.22. The van der Waals surface area contributed by atoms with E-state index in [4.69, 9.17) is 5.11 Å². The predicted molar refractivity (Wildman–Crippen MR) is 89.7 cm³/mol. The molecule has 0 bridgehead atoms. The van der Waals surface area contributed by atoms with E-state index in [1.54, 1.807) is 12.3 Å². The van der Waals surface area contributed by atoms with E-state index in [1.165, 1.54) is 6.07 Å². The Kier molecular flexibility index (Phi) is 4.92. The van der Waals surface area contributed by atoms with Crippen LogP contribution in [0.1, 0.15) is 34.3 Å². The fraction of sp³-hybridized carbons (Fsp3) is 0.471. The van der Waals surface area contributed by atoms with Crippen molar-refractivity contribution in [3.63, 3.8) is 0 Å². The smallest absolute Gasteiger partial charge is 0.335 e. The zero-order valence-electron chi connectivity index (χ0n) is 14.1. The van der Waals surface area contributed by atoms with Crippen molar-refractivity contribution < 1.29 is 9.90 Å². The summed E-state index contributed by atoms with van der Waals surface area (Å²) in [5.41, 5.74) is 1.06. The number of carboxylic acids is 1. The molecule has 1 N–H and O–H groups in total. The topological polar surface area (TPSA) is 74.5 Å². The zero-order chi connectivity index (χ0) is 17.1. The van der Waals surface area contributed by atoms with E-state index in [0.29, 0.717) is 12.6 Å². The first kappa shape index (κ1) is 16.6. The third-order valence-corrected chi connectivity index (χ3v) is 4.31. The minimum absolute atomic E-state index is 0.279. The molecule has 0 radical (unpaired) electrons. The normalized spacial score (nSPS) is 18.4. The molecule has 0 fully saturated rings.